The third-order valence-electron chi connectivity index (χ3n) is 2.95. The molecular weight excluding hydrogens is 268 g/mol. The number of carbonyl (C=O) groups is 1. The van der Waals surface area contributed by atoms with Crippen molar-refractivity contribution < 1.29 is 9.53 Å². The van der Waals surface area contributed by atoms with Crippen molar-refractivity contribution in [3.63, 3.8) is 0 Å². The molecule has 0 saturated heterocycles. The number of H-pyrrole nitrogens is 1. The van der Waals surface area contributed by atoms with Crippen LogP contribution in [0.25, 0.3) is 0 Å². The molecule has 0 aliphatic heterocycles. The van der Waals surface area contributed by atoms with Gasteiger partial charge in [-0.25, -0.2) is 4.98 Å². The van der Waals surface area contributed by atoms with Crippen LogP contribution >= 0.6 is 0 Å². The lowest BCUT2D eigenvalue weighted by Crippen LogP contribution is -2.26. The summed E-state index contributed by atoms with van der Waals surface area (Å²) in [5, 5.41) is 2.86. The highest BCUT2D eigenvalue weighted by molar-refractivity contribution is 5.75. The normalized spacial score (nSPS) is 10.3. The van der Waals surface area contributed by atoms with Crippen molar-refractivity contribution in [1.29, 1.82) is 0 Å². The summed E-state index contributed by atoms with van der Waals surface area (Å²) < 4.78 is 5.47. The smallest absolute Gasteiger partial charge is 0.223 e. The highest BCUT2D eigenvalue weighted by Crippen LogP contribution is 2.12. The molecule has 0 unspecified atom stereocenters. The van der Waals surface area contributed by atoms with Crippen molar-refractivity contribution in [2.24, 2.45) is 0 Å². The Balaban J connectivity index is 1.54. The molecule has 0 aliphatic carbocycles. The van der Waals surface area contributed by atoms with Crippen LogP contribution in [0.1, 0.15) is 18.7 Å². The predicted molar refractivity (Wildman–Crippen MR) is 80.9 cm³/mol. The molecule has 0 spiro atoms. The van der Waals surface area contributed by atoms with Gasteiger partial charge in [0.15, 0.2) is 0 Å². The second kappa shape index (κ2) is 7.94. The number of benzene rings is 1. The number of nitrogens with two attached hydrogens (primary N) is 1. The lowest BCUT2D eigenvalue weighted by Gasteiger charge is -2.07. The number of hydrogen-bond donors (Lipinski definition) is 3. The number of rotatable bonds is 8. The van der Waals surface area contributed by atoms with Gasteiger partial charge in [0.1, 0.15) is 11.6 Å². The number of carbonyl (C=O) groups excluding carboxylic acids is 1. The number of hydrogen-bond acceptors (Lipinski definition) is 4. The number of nitrogens with one attached hydrogen (secondary N) is 2. The highest BCUT2D eigenvalue weighted by Gasteiger charge is 2.02. The minimum atomic E-state index is -0.00936. The Morgan fingerprint density at radius 2 is 2.14 bits per heavy atom. The van der Waals surface area contributed by atoms with E-state index in [0.29, 0.717) is 25.3 Å². The molecule has 6 nitrogen and oxygen atoms in total. The van der Waals surface area contributed by atoms with E-state index >= 15 is 0 Å². The van der Waals surface area contributed by atoms with Gasteiger partial charge in [-0.3, -0.25) is 4.79 Å². The van der Waals surface area contributed by atoms with Gasteiger partial charge in [0.25, 0.3) is 0 Å². The van der Waals surface area contributed by atoms with Crippen molar-refractivity contribution in [3.8, 4) is 5.75 Å². The summed E-state index contributed by atoms with van der Waals surface area (Å²) in [5.74, 6) is 1.65. The zero-order valence-corrected chi connectivity index (χ0v) is 11.8. The van der Waals surface area contributed by atoms with Crippen LogP contribution < -0.4 is 15.8 Å². The first-order valence-electron chi connectivity index (χ1n) is 6.97. The molecule has 6 heteroatoms. The first kappa shape index (κ1) is 14.9. The number of nitrogens with zero attached hydrogens (tertiary/aromatic N) is 1. The van der Waals surface area contributed by atoms with Crippen LogP contribution in [0.4, 0.5) is 5.69 Å². The van der Waals surface area contributed by atoms with Crippen molar-refractivity contribution in [2.45, 2.75) is 19.3 Å². The van der Waals surface area contributed by atoms with E-state index in [1.165, 1.54) is 0 Å². The number of ether oxygens (including phenoxy) is 1. The Kier molecular flexibility index (Phi) is 5.63. The second-order valence-corrected chi connectivity index (χ2v) is 4.66. The Morgan fingerprint density at radius 3 is 2.86 bits per heavy atom. The van der Waals surface area contributed by atoms with E-state index in [1.807, 2.05) is 0 Å². The number of anilines is 1. The van der Waals surface area contributed by atoms with Gasteiger partial charge in [-0.15, -0.1) is 0 Å². The van der Waals surface area contributed by atoms with Gasteiger partial charge < -0.3 is 20.8 Å². The average Bonchev–Trinajstić information content (AvgIpc) is 2.99. The van der Waals surface area contributed by atoms with Crippen molar-refractivity contribution in [2.75, 3.05) is 18.9 Å². The minimum absolute atomic E-state index is 0.00936. The van der Waals surface area contributed by atoms with Crippen LogP contribution in [0.2, 0.25) is 0 Å². The standard InChI is InChI=1S/C15H20N4O2/c16-12-3-5-13(6-4-12)21-11-7-15(20)19-8-1-2-14-17-9-10-18-14/h3-6,9-10H,1-2,7-8,11,16H2,(H,17,18)(H,19,20). The third kappa shape index (κ3) is 5.56. The molecule has 0 fully saturated rings. The molecule has 1 aromatic heterocycles. The van der Waals surface area contributed by atoms with Crippen LogP contribution in [-0.4, -0.2) is 29.0 Å². The zero-order chi connectivity index (χ0) is 14.9. The van der Waals surface area contributed by atoms with Crippen LogP contribution in [0.15, 0.2) is 36.7 Å². The molecule has 1 aromatic carbocycles. The summed E-state index contributed by atoms with van der Waals surface area (Å²) in [6, 6.07) is 7.11. The van der Waals surface area contributed by atoms with Gasteiger partial charge in [-0.1, -0.05) is 0 Å². The van der Waals surface area contributed by atoms with E-state index in [9.17, 15) is 4.79 Å². The molecular formula is C15H20N4O2. The van der Waals surface area contributed by atoms with Gasteiger partial charge >= 0.3 is 0 Å². The van der Waals surface area contributed by atoms with Crippen LogP contribution in [0.5, 0.6) is 5.75 Å². The average molecular weight is 288 g/mol. The predicted octanol–water partition coefficient (Wildman–Crippen LogP) is 1.51. The SMILES string of the molecule is Nc1ccc(OCCC(=O)NCCCc2ncc[nH]2)cc1. The largest absolute Gasteiger partial charge is 0.493 e. The molecule has 0 radical (unpaired) electrons. The molecule has 2 aromatic rings. The zero-order valence-electron chi connectivity index (χ0n) is 11.8. The number of imidazole rings is 1. The van der Waals surface area contributed by atoms with E-state index in [-0.39, 0.29) is 5.91 Å². The number of amides is 1. The molecule has 1 amide bonds. The molecule has 0 bridgehead atoms. The van der Waals surface area contributed by atoms with E-state index in [4.69, 9.17) is 10.5 Å². The van der Waals surface area contributed by atoms with Crippen LogP contribution in [0.3, 0.4) is 0 Å². The summed E-state index contributed by atoms with van der Waals surface area (Å²) in [4.78, 5) is 18.8. The van der Waals surface area contributed by atoms with Gasteiger partial charge in [-0.2, -0.15) is 0 Å². The van der Waals surface area contributed by atoms with E-state index in [2.05, 4.69) is 15.3 Å². The molecule has 0 aliphatic rings. The maximum Gasteiger partial charge on any atom is 0.223 e. The van der Waals surface area contributed by atoms with Crippen LogP contribution in [0, 0.1) is 0 Å². The number of aryl methyl sites for hydroxylation is 1. The minimum Gasteiger partial charge on any atom is -0.493 e. The lowest BCUT2D eigenvalue weighted by atomic mass is 10.3. The fourth-order valence-electron chi connectivity index (χ4n) is 1.83. The quantitative estimate of drug-likeness (QED) is 0.507. The van der Waals surface area contributed by atoms with E-state index in [1.54, 1.807) is 36.7 Å². The third-order valence-corrected chi connectivity index (χ3v) is 2.95. The molecule has 4 N–H and O–H groups in total. The molecule has 2 rings (SSSR count). The molecule has 0 atom stereocenters. The summed E-state index contributed by atoms with van der Waals surface area (Å²) >= 11 is 0. The Bertz CT molecular complexity index is 537. The first-order valence-corrected chi connectivity index (χ1v) is 6.97. The van der Waals surface area contributed by atoms with Gasteiger partial charge in [0.05, 0.1) is 13.0 Å². The first-order chi connectivity index (χ1) is 10.2. The van der Waals surface area contributed by atoms with Gasteiger partial charge in [0.2, 0.25) is 5.91 Å². The monoisotopic (exact) mass is 288 g/mol. The second-order valence-electron chi connectivity index (χ2n) is 4.66. The van der Waals surface area contributed by atoms with E-state index in [0.717, 1.165) is 24.4 Å². The summed E-state index contributed by atoms with van der Waals surface area (Å²) in [5.41, 5.74) is 6.27. The Labute approximate surface area is 123 Å². The van der Waals surface area contributed by atoms with Crippen molar-refractivity contribution in [3.05, 3.63) is 42.5 Å². The molecule has 112 valence electrons. The van der Waals surface area contributed by atoms with Crippen molar-refractivity contribution in [1.82, 2.24) is 15.3 Å². The fourth-order valence-corrected chi connectivity index (χ4v) is 1.83. The van der Waals surface area contributed by atoms with Crippen molar-refractivity contribution >= 4 is 11.6 Å². The lowest BCUT2D eigenvalue weighted by molar-refractivity contribution is -0.121. The maximum absolute atomic E-state index is 11.6. The molecule has 0 saturated carbocycles. The maximum atomic E-state index is 11.6. The number of aromatic amines is 1. The molecule has 21 heavy (non-hydrogen) atoms. The van der Waals surface area contributed by atoms with Crippen LogP contribution in [-0.2, 0) is 11.2 Å². The number of nitrogen functional groups attached to an aromatic ring is 1. The summed E-state index contributed by atoms with van der Waals surface area (Å²) in [6.07, 6.45) is 5.54. The summed E-state index contributed by atoms with van der Waals surface area (Å²) in [6.45, 7) is 0.995. The Hall–Kier alpha value is -2.50. The highest BCUT2D eigenvalue weighted by atomic mass is 16.5. The van der Waals surface area contributed by atoms with Gasteiger partial charge in [0, 0.05) is 31.0 Å². The van der Waals surface area contributed by atoms with E-state index < -0.39 is 0 Å². The summed E-state index contributed by atoms with van der Waals surface area (Å²) in [7, 11) is 0. The molecule has 1 heterocycles. The number of aromatic nitrogens is 2. The Morgan fingerprint density at radius 1 is 1.33 bits per heavy atom. The van der Waals surface area contributed by atoms with Gasteiger partial charge in [-0.05, 0) is 30.7 Å². The fraction of sp³-hybridized carbons (Fsp3) is 0.333. The topological polar surface area (TPSA) is 93.0 Å².